The molecule has 3 heterocycles. The van der Waals surface area contributed by atoms with Crippen LogP contribution >= 0.6 is 11.6 Å². The highest BCUT2D eigenvalue weighted by atomic mass is 35.5. The van der Waals surface area contributed by atoms with Gasteiger partial charge in [0.15, 0.2) is 10.9 Å². The highest BCUT2D eigenvalue weighted by Crippen LogP contribution is 2.26. The van der Waals surface area contributed by atoms with E-state index in [1.807, 2.05) is 43.3 Å². The molecule has 0 aliphatic carbocycles. The average molecular weight is 470 g/mol. The van der Waals surface area contributed by atoms with Crippen molar-refractivity contribution in [3.05, 3.63) is 58.9 Å². The first-order valence-electron chi connectivity index (χ1n) is 11.1. The Bertz CT molecular complexity index is 1080. The second-order valence-electron chi connectivity index (χ2n) is 8.13. The van der Waals surface area contributed by atoms with Crippen LogP contribution in [0.3, 0.4) is 0 Å². The molecule has 0 bridgehead atoms. The molecule has 2 aromatic heterocycles. The molecule has 0 atom stereocenters. The first-order valence-corrected chi connectivity index (χ1v) is 11.5. The molecule has 0 spiro atoms. The molecule has 4 rings (SSSR count). The van der Waals surface area contributed by atoms with Crippen LogP contribution in [0.4, 0.5) is 5.69 Å². The van der Waals surface area contributed by atoms with Crippen molar-refractivity contribution < 1.29 is 14.1 Å². The summed E-state index contributed by atoms with van der Waals surface area (Å²) in [6.45, 7) is 5.38. The lowest BCUT2D eigenvalue weighted by molar-refractivity contribution is 0.0929. The van der Waals surface area contributed by atoms with E-state index in [1.165, 1.54) is 6.07 Å². The number of anilines is 1. The quantitative estimate of drug-likeness (QED) is 0.480. The molecule has 174 valence electrons. The highest BCUT2D eigenvalue weighted by molar-refractivity contribution is 6.32. The first-order chi connectivity index (χ1) is 16.0. The molecule has 9 heteroatoms. The number of nitrogens with one attached hydrogen (secondary N) is 1. The summed E-state index contributed by atoms with van der Waals surface area (Å²) in [6, 6.07) is 13.5. The van der Waals surface area contributed by atoms with Crippen LogP contribution in [-0.4, -0.2) is 47.2 Å². The molecule has 1 amide bonds. The molecule has 3 N–H and O–H groups in total. The number of hydrogen-bond donors (Lipinski definition) is 2. The van der Waals surface area contributed by atoms with E-state index in [4.69, 9.17) is 26.6 Å². The van der Waals surface area contributed by atoms with Gasteiger partial charge in [-0.05, 0) is 44.8 Å². The van der Waals surface area contributed by atoms with Crippen molar-refractivity contribution in [1.82, 2.24) is 20.4 Å². The fraction of sp³-hybridized carbons (Fsp3) is 0.375. The van der Waals surface area contributed by atoms with Gasteiger partial charge < -0.3 is 20.3 Å². The van der Waals surface area contributed by atoms with Gasteiger partial charge in [0.2, 0.25) is 5.88 Å². The molecule has 3 aromatic rings. The van der Waals surface area contributed by atoms with Gasteiger partial charge in [-0.25, -0.2) is 0 Å². The smallest absolute Gasteiger partial charge is 0.256 e. The maximum absolute atomic E-state index is 12.7. The van der Waals surface area contributed by atoms with E-state index >= 15 is 0 Å². The van der Waals surface area contributed by atoms with Crippen molar-refractivity contribution in [3.8, 4) is 17.1 Å². The minimum atomic E-state index is -0.258. The molecule has 1 aromatic carbocycles. The monoisotopic (exact) mass is 469 g/mol. The van der Waals surface area contributed by atoms with Crippen molar-refractivity contribution in [3.63, 3.8) is 0 Å². The number of pyridine rings is 1. The zero-order valence-corrected chi connectivity index (χ0v) is 19.3. The highest BCUT2D eigenvalue weighted by Gasteiger charge is 2.23. The molecule has 33 heavy (non-hydrogen) atoms. The summed E-state index contributed by atoms with van der Waals surface area (Å²) >= 11 is 5.97. The average Bonchev–Trinajstić information content (AvgIpc) is 3.30. The molecule has 0 radical (unpaired) electrons. The van der Waals surface area contributed by atoms with Gasteiger partial charge in [0.1, 0.15) is 11.3 Å². The van der Waals surface area contributed by atoms with Crippen LogP contribution in [0.1, 0.15) is 35.9 Å². The van der Waals surface area contributed by atoms with Crippen LogP contribution in [0, 0.1) is 5.92 Å². The number of benzene rings is 1. The Morgan fingerprint density at radius 3 is 2.76 bits per heavy atom. The maximum Gasteiger partial charge on any atom is 0.256 e. The molecular formula is C24H28ClN5O3. The molecule has 0 saturated carbocycles. The van der Waals surface area contributed by atoms with Gasteiger partial charge in [0, 0.05) is 18.2 Å². The number of amides is 1. The van der Waals surface area contributed by atoms with E-state index < -0.39 is 0 Å². The Morgan fingerprint density at radius 1 is 1.27 bits per heavy atom. The molecule has 1 fully saturated rings. The number of carbonyl (C=O) groups is 1. The van der Waals surface area contributed by atoms with Crippen molar-refractivity contribution in [2.45, 2.75) is 26.3 Å². The predicted octanol–water partition coefficient (Wildman–Crippen LogP) is 4.01. The normalized spacial score (nSPS) is 14.8. The number of hydrogen-bond acceptors (Lipinski definition) is 7. The van der Waals surface area contributed by atoms with E-state index in [0.29, 0.717) is 24.6 Å². The lowest BCUT2D eigenvalue weighted by Gasteiger charge is -2.31. The van der Waals surface area contributed by atoms with Crippen LogP contribution in [0.2, 0.25) is 5.15 Å². The number of carbonyl (C=O) groups excluding carboxylic acids is 1. The number of nitrogens with two attached hydrogens (primary N) is 1. The molecule has 1 aliphatic heterocycles. The van der Waals surface area contributed by atoms with Crippen molar-refractivity contribution in [2.24, 2.45) is 5.92 Å². The number of piperidine rings is 1. The largest absolute Gasteiger partial charge is 0.477 e. The summed E-state index contributed by atoms with van der Waals surface area (Å²) in [4.78, 5) is 19.1. The SMILES string of the molecule is CCOc1nc(Cl)c(N)cc1C(=O)NCC1CCN(Cc2cc(-c3ccccc3)no2)CC1. The van der Waals surface area contributed by atoms with Crippen molar-refractivity contribution in [2.75, 3.05) is 32.0 Å². The Kier molecular flexibility index (Phi) is 7.47. The standard InChI is InChI=1S/C24H28ClN5O3/c1-2-32-24-19(13-20(26)22(25)28-24)23(31)27-14-16-8-10-30(11-9-16)15-18-12-21(29-33-18)17-6-4-3-5-7-17/h3-7,12-13,16H,2,8-11,14-15,26H2,1H3,(H,27,31). The Hall–Kier alpha value is -3.10. The van der Waals surface area contributed by atoms with E-state index in [-0.39, 0.29) is 22.6 Å². The second kappa shape index (κ2) is 10.7. The molecule has 8 nitrogen and oxygen atoms in total. The number of nitrogen functional groups attached to an aromatic ring is 1. The van der Waals surface area contributed by atoms with Gasteiger partial charge in [0.25, 0.3) is 5.91 Å². The van der Waals surface area contributed by atoms with Crippen LogP contribution in [-0.2, 0) is 6.54 Å². The number of ether oxygens (including phenoxy) is 1. The van der Waals surface area contributed by atoms with E-state index in [1.54, 1.807) is 0 Å². The number of rotatable bonds is 8. The lowest BCUT2D eigenvalue weighted by Crippen LogP contribution is -2.38. The minimum absolute atomic E-state index is 0.130. The van der Waals surface area contributed by atoms with Crippen molar-refractivity contribution >= 4 is 23.2 Å². The Labute approximate surface area is 198 Å². The van der Waals surface area contributed by atoms with E-state index in [2.05, 4.69) is 20.4 Å². The second-order valence-corrected chi connectivity index (χ2v) is 8.49. The Balaban J connectivity index is 1.26. The third-order valence-electron chi connectivity index (χ3n) is 5.76. The topological polar surface area (TPSA) is 107 Å². The third kappa shape index (κ3) is 5.83. The number of halogens is 1. The van der Waals surface area contributed by atoms with Crippen molar-refractivity contribution in [1.29, 1.82) is 0 Å². The predicted molar refractivity (Wildman–Crippen MR) is 127 cm³/mol. The molecule has 0 unspecified atom stereocenters. The summed E-state index contributed by atoms with van der Waals surface area (Å²) in [5.74, 6) is 1.20. The Morgan fingerprint density at radius 2 is 2.03 bits per heavy atom. The van der Waals surface area contributed by atoms with E-state index in [9.17, 15) is 4.79 Å². The fourth-order valence-electron chi connectivity index (χ4n) is 3.93. The summed E-state index contributed by atoms with van der Waals surface area (Å²) in [5.41, 5.74) is 8.28. The zero-order chi connectivity index (χ0) is 23.2. The first kappa shape index (κ1) is 23.1. The molecular weight excluding hydrogens is 442 g/mol. The summed E-state index contributed by atoms with van der Waals surface area (Å²) in [7, 11) is 0. The fourth-order valence-corrected chi connectivity index (χ4v) is 4.07. The van der Waals surface area contributed by atoms with Crippen LogP contribution < -0.4 is 15.8 Å². The van der Waals surface area contributed by atoms with Gasteiger partial charge in [-0.1, -0.05) is 47.1 Å². The van der Waals surface area contributed by atoms with Gasteiger partial charge in [0.05, 0.1) is 18.8 Å². The van der Waals surface area contributed by atoms with Crippen LogP contribution in [0.15, 0.2) is 47.0 Å². The maximum atomic E-state index is 12.7. The molecule has 1 saturated heterocycles. The number of nitrogens with zero attached hydrogens (tertiary/aromatic N) is 3. The van der Waals surface area contributed by atoms with Gasteiger partial charge in [-0.15, -0.1) is 0 Å². The van der Waals surface area contributed by atoms with Crippen LogP contribution in [0.5, 0.6) is 5.88 Å². The van der Waals surface area contributed by atoms with Gasteiger partial charge in [-0.3, -0.25) is 9.69 Å². The summed E-state index contributed by atoms with van der Waals surface area (Å²) < 4.78 is 11.0. The molecule has 1 aliphatic rings. The van der Waals surface area contributed by atoms with Gasteiger partial charge in [-0.2, -0.15) is 4.98 Å². The van der Waals surface area contributed by atoms with Crippen LogP contribution in [0.25, 0.3) is 11.3 Å². The number of aromatic nitrogens is 2. The van der Waals surface area contributed by atoms with E-state index in [0.717, 1.165) is 49.5 Å². The van der Waals surface area contributed by atoms with Gasteiger partial charge >= 0.3 is 0 Å². The minimum Gasteiger partial charge on any atom is -0.477 e. The lowest BCUT2D eigenvalue weighted by atomic mass is 9.96. The zero-order valence-electron chi connectivity index (χ0n) is 18.6. The summed E-state index contributed by atoms with van der Waals surface area (Å²) in [5, 5.41) is 7.32. The summed E-state index contributed by atoms with van der Waals surface area (Å²) in [6.07, 6.45) is 1.97. The third-order valence-corrected chi connectivity index (χ3v) is 6.06. The number of likely N-dealkylation sites (tertiary alicyclic amines) is 1.